The standard InChI is InChI=1S/C9H19N3O2S/c10-8-9-4-3-7-12(9)15(13,14)11-5-1-2-6-11/h9H,1-8,10H2. The molecule has 2 aliphatic rings. The van der Waals surface area contributed by atoms with Gasteiger partial charge in [-0.1, -0.05) is 0 Å². The highest BCUT2D eigenvalue weighted by atomic mass is 32.2. The van der Waals surface area contributed by atoms with E-state index in [0.717, 1.165) is 25.7 Å². The van der Waals surface area contributed by atoms with Gasteiger partial charge in [0.05, 0.1) is 0 Å². The van der Waals surface area contributed by atoms with Crippen LogP contribution in [0.15, 0.2) is 0 Å². The highest BCUT2D eigenvalue weighted by Gasteiger charge is 2.38. The summed E-state index contributed by atoms with van der Waals surface area (Å²) >= 11 is 0. The van der Waals surface area contributed by atoms with Gasteiger partial charge >= 0.3 is 0 Å². The molecule has 0 aromatic carbocycles. The van der Waals surface area contributed by atoms with Crippen LogP contribution in [-0.4, -0.2) is 49.2 Å². The fourth-order valence-electron chi connectivity index (χ4n) is 2.42. The van der Waals surface area contributed by atoms with E-state index in [1.165, 1.54) is 0 Å². The first-order chi connectivity index (χ1) is 7.16. The third kappa shape index (κ3) is 2.04. The van der Waals surface area contributed by atoms with Gasteiger partial charge in [-0.05, 0) is 25.7 Å². The monoisotopic (exact) mass is 233 g/mol. The van der Waals surface area contributed by atoms with Crippen LogP contribution >= 0.6 is 0 Å². The first-order valence-electron chi connectivity index (χ1n) is 5.63. The molecule has 2 rings (SSSR count). The van der Waals surface area contributed by atoms with E-state index in [1.807, 2.05) is 0 Å². The fraction of sp³-hybridized carbons (Fsp3) is 1.00. The molecule has 0 aromatic rings. The van der Waals surface area contributed by atoms with Gasteiger partial charge in [0.15, 0.2) is 0 Å². The molecule has 0 radical (unpaired) electrons. The number of hydrogen-bond acceptors (Lipinski definition) is 3. The molecule has 5 nitrogen and oxygen atoms in total. The van der Waals surface area contributed by atoms with E-state index in [0.29, 0.717) is 26.2 Å². The van der Waals surface area contributed by atoms with Gasteiger partial charge in [-0.2, -0.15) is 17.0 Å². The van der Waals surface area contributed by atoms with Crippen molar-refractivity contribution in [2.24, 2.45) is 5.73 Å². The van der Waals surface area contributed by atoms with Crippen molar-refractivity contribution in [2.75, 3.05) is 26.2 Å². The van der Waals surface area contributed by atoms with Crippen LogP contribution in [0.25, 0.3) is 0 Å². The van der Waals surface area contributed by atoms with Crippen molar-refractivity contribution in [2.45, 2.75) is 31.7 Å². The molecule has 2 aliphatic heterocycles. The first kappa shape index (κ1) is 11.3. The van der Waals surface area contributed by atoms with E-state index >= 15 is 0 Å². The van der Waals surface area contributed by atoms with E-state index in [9.17, 15) is 8.42 Å². The minimum Gasteiger partial charge on any atom is -0.329 e. The molecular weight excluding hydrogens is 214 g/mol. The molecule has 1 atom stereocenters. The molecule has 2 heterocycles. The van der Waals surface area contributed by atoms with Crippen LogP contribution < -0.4 is 5.73 Å². The molecule has 2 N–H and O–H groups in total. The van der Waals surface area contributed by atoms with Crippen LogP contribution in [0.1, 0.15) is 25.7 Å². The second-order valence-corrected chi connectivity index (χ2v) is 6.14. The minimum absolute atomic E-state index is 0.0237. The highest BCUT2D eigenvalue weighted by Crippen LogP contribution is 2.24. The minimum atomic E-state index is -3.21. The number of hydrogen-bond donors (Lipinski definition) is 1. The molecule has 0 bridgehead atoms. The summed E-state index contributed by atoms with van der Waals surface area (Å²) in [7, 11) is -3.21. The Hall–Kier alpha value is -0.170. The lowest BCUT2D eigenvalue weighted by Gasteiger charge is -2.27. The lowest BCUT2D eigenvalue weighted by atomic mass is 10.2. The number of rotatable bonds is 3. The summed E-state index contributed by atoms with van der Waals surface area (Å²) < 4.78 is 27.6. The van der Waals surface area contributed by atoms with E-state index in [2.05, 4.69) is 0 Å². The number of nitrogens with two attached hydrogens (primary N) is 1. The van der Waals surface area contributed by atoms with Gasteiger partial charge in [0.25, 0.3) is 10.2 Å². The summed E-state index contributed by atoms with van der Waals surface area (Å²) in [6.45, 7) is 2.43. The van der Waals surface area contributed by atoms with Crippen LogP contribution in [-0.2, 0) is 10.2 Å². The lowest BCUT2D eigenvalue weighted by Crippen LogP contribution is -2.47. The van der Waals surface area contributed by atoms with E-state index < -0.39 is 10.2 Å². The second kappa shape index (κ2) is 4.37. The lowest BCUT2D eigenvalue weighted by molar-refractivity contribution is 0.347. The van der Waals surface area contributed by atoms with Crippen molar-refractivity contribution in [1.82, 2.24) is 8.61 Å². The van der Waals surface area contributed by atoms with Crippen LogP contribution in [0.5, 0.6) is 0 Å². The van der Waals surface area contributed by atoms with Crippen molar-refractivity contribution in [1.29, 1.82) is 0 Å². The van der Waals surface area contributed by atoms with Gasteiger partial charge in [-0.25, -0.2) is 0 Å². The third-order valence-electron chi connectivity index (χ3n) is 3.28. The molecule has 2 fully saturated rings. The fourth-order valence-corrected chi connectivity index (χ4v) is 4.36. The molecule has 0 aliphatic carbocycles. The second-order valence-electron chi connectivity index (χ2n) is 4.26. The molecule has 0 saturated carbocycles. The Morgan fingerprint density at radius 2 is 1.80 bits per heavy atom. The average Bonchev–Trinajstić information content (AvgIpc) is 2.89. The molecule has 0 spiro atoms. The van der Waals surface area contributed by atoms with Gasteiger partial charge in [0.1, 0.15) is 0 Å². The van der Waals surface area contributed by atoms with Crippen LogP contribution in [0, 0.1) is 0 Å². The summed E-state index contributed by atoms with van der Waals surface area (Å²) in [5.41, 5.74) is 5.59. The smallest absolute Gasteiger partial charge is 0.282 e. The van der Waals surface area contributed by atoms with Gasteiger partial charge in [0.2, 0.25) is 0 Å². The maximum Gasteiger partial charge on any atom is 0.282 e. The van der Waals surface area contributed by atoms with Crippen molar-refractivity contribution >= 4 is 10.2 Å². The zero-order valence-corrected chi connectivity index (χ0v) is 9.75. The van der Waals surface area contributed by atoms with Crippen LogP contribution in [0.3, 0.4) is 0 Å². The van der Waals surface area contributed by atoms with E-state index in [1.54, 1.807) is 8.61 Å². The molecule has 2 saturated heterocycles. The molecule has 88 valence electrons. The van der Waals surface area contributed by atoms with Crippen LogP contribution in [0.2, 0.25) is 0 Å². The summed E-state index contributed by atoms with van der Waals surface area (Å²) in [6.07, 6.45) is 3.82. The van der Waals surface area contributed by atoms with E-state index in [-0.39, 0.29) is 6.04 Å². The predicted molar refractivity (Wildman–Crippen MR) is 58.5 cm³/mol. The highest BCUT2D eigenvalue weighted by molar-refractivity contribution is 7.86. The maximum absolute atomic E-state index is 12.2. The quantitative estimate of drug-likeness (QED) is 0.731. The van der Waals surface area contributed by atoms with Gasteiger partial charge < -0.3 is 5.73 Å². The predicted octanol–water partition coefficient (Wildman–Crippen LogP) is -0.250. The Balaban J connectivity index is 2.13. The topological polar surface area (TPSA) is 66.6 Å². The Morgan fingerprint density at radius 1 is 1.13 bits per heavy atom. The van der Waals surface area contributed by atoms with E-state index in [4.69, 9.17) is 5.73 Å². The molecule has 0 aromatic heterocycles. The normalized spacial score (nSPS) is 30.1. The Labute approximate surface area is 91.4 Å². The van der Waals surface area contributed by atoms with Gasteiger partial charge in [-0.3, -0.25) is 0 Å². The number of nitrogens with zero attached hydrogens (tertiary/aromatic N) is 2. The summed E-state index contributed by atoms with van der Waals surface area (Å²) in [6, 6.07) is 0.0237. The Morgan fingerprint density at radius 3 is 2.40 bits per heavy atom. The maximum atomic E-state index is 12.2. The Bertz CT molecular complexity index is 311. The third-order valence-corrected chi connectivity index (χ3v) is 5.37. The zero-order chi connectivity index (χ0) is 10.9. The average molecular weight is 233 g/mol. The van der Waals surface area contributed by atoms with Crippen molar-refractivity contribution in [3.05, 3.63) is 0 Å². The zero-order valence-electron chi connectivity index (χ0n) is 8.93. The largest absolute Gasteiger partial charge is 0.329 e. The summed E-state index contributed by atoms with van der Waals surface area (Å²) in [5, 5.41) is 0. The first-order valence-corrected chi connectivity index (χ1v) is 7.03. The molecule has 0 amide bonds. The molecule has 1 unspecified atom stereocenters. The molecule has 6 heteroatoms. The summed E-state index contributed by atoms with van der Waals surface area (Å²) in [5.74, 6) is 0. The molecular formula is C9H19N3O2S. The van der Waals surface area contributed by atoms with Gasteiger partial charge in [-0.15, -0.1) is 0 Å². The van der Waals surface area contributed by atoms with Crippen molar-refractivity contribution < 1.29 is 8.42 Å². The summed E-state index contributed by atoms with van der Waals surface area (Å²) in [4.78, 5) is 0. The SMILES string of the molecule is NCC1CCCN1S(=O)(=O)N1CCCC1. The van der Waals surface area contributed by atoms with Gasteiger partial charge in [0, 0.05) is 32.2 Å². The van der Waals surface area contributed by atoms with Crippen molar-refractivity contribution in [3.8, 4) is 0 Å². The van der Waals surface area contributed by atoms with Crippen molar-refractivity contribution in [3.63, 3.8) is 0 Å². The van der Waals surface area contributed by atoms with Crippen LogP contribution in [0.4, 0.5) is 0 Å². The Kier molecular flexibility index (Phi) is 3.30. The molecule has 15 heavy (non-hydrogen) atoms.